The van der Waals surface area contributed by atoms with E-state index in [9.17, 15) is 4.79 Å². The Hall–Kier alpha value is -0.970. The molecule has 0 saturated heterocycles. The Morgan fingerprint density at radius 3 is 2.50 bits per heavy atom. The molecule has 0 aromatic carbocycles. The first-order valence-corrected chi connectivity index (χ1v) is 6.24. The van der Waals surface area contributed by atoms with Crippen LogP contribution in [-0.2, 0) is 10.5 Å². The third-order valence-corrected chi connectivity index (χ3v) is 3.83. The second-order valence-electron chi connectivity index (χ2n) is 4.06. The minimum atomic E-state index is -0.778. The molecule has 0 aliphatic heterocycles. The number of oxazole rings is 1. The lowest BCUT2D eigenvalue weighted by Gasteiger charge is -2.14. The van der Waals surface area contributed by atoms with Crippen LogP contribution in [0.25, 0.3) is 0 Å². The number of aryl methyl sites for hydroxylation is 2. The Bertz CT molecular complexity index is 354. The van der Waals surface area contributed by atoms with Gasteiger partial charge >= 0.3 is 5.97 Å². The summed E-state index contributed by atoms with van der Waals surface area (Å²) in [5, 5.41) is 8.60. The minimum absolute atomic E-state index is 0.0969. The molecule has 0 aliphatic rings. The van der Waals surface area contributed by atoms with Gasteiger partial charge in [-0.05, 0) is 19.8 Å². The Morgan fingerprint density at radius 2 is 2.12 bits per heavy atom. The highest BCUT2D eigenvalue weighted by molar-refractivity contribution is 7.99. The van der Waals surface area contributed by atoms with Gasteiger partial charge in [-0.25, -0.2) is 4.98 Å². The monoisotopic (exact) mass is 243 g/mol. The van der Waals surface area contributed by atoms with Crippen molar-refractivity contribution in [3.8, 4) is 0 Å². The highest BCUT2D eigenvalue weighted by Gasteiger charge is 2.22. The van der Waals surface area contributed by atoms with Crippen molar-refractivity contribution in [3.63, 3.8) is 0 Å². The third-order valence-electron chi connectivity index (χ3n) is 2.31. The van der Waals surface area contributed by atoms with E-state index in [1.165, 1.54) is 11.8 Å². The van der Waals surface area contributed by atoms with Gasteiger partial charge in [0.25, 0.3) is 0 Å². The van der Waals surface area contributed by atoms with Crippen LogP contribution in [0, 0.1) is 19.8 Å². The molecule has 0 fully saturated rings. The smallest absolute Gasteiger partial charge is 0.316 e. The summed E-state index contributed by atoms with van der Waals surface area (Å²) in [5.41, 5.74) is 0.868. The molecular formula is C11H17NO3S. The Balaban J connectivity index is 2.59. The van der Waals surface area contributed by atoms with Gasteiger partial charge in [0.15, 0.2) is 0 Å². The molecule has 90 valence electrons. The predicted molar refractivity (Wildman–Crippen MR) is 63.5 cm³/mol. The summed E-state index contributed by atoms with van der Waals surface area (Å²) in [5.74, 6) is 1.22. The van der Waals surface area contributed by atoms with Crippen LogP contribution in [0.1, 0.15) is 31.2 Å². The van der Waals surface area contributed by atoms with Crippen LogP contribution in [0.2, 0.25) is 0 Å². The van der Waals surface area contributed by atoms with Gasteiger partial charge in [0.2, 0.25) is 5.89 Å². The fraction of sp³-hybridized carbons (Fsp3) is 0.636. The number of carboxylic acid groups (broad SMARTS) is 1. The van der Waals surface area contributed by atoms with Crippen LogP contribution < -0.4 is 0 Å². The molecule has 0 saturated carbocycles. The van der Waals surface area contributed by atoms with Crippen LogP contribution in [0.3, 0.4) is 0 Å². The van der Waals surface area contributed by atoms with Crippen molar-refractivity contribution in [3.05, 3.63) is 17.3 Å². The molecule has 0 spiro atoms. The van der Waals surface area contributed by atoms with Crippen molar-refractivity contribution in [1.29, 1.82) is 0 Å². The van der Waals surface area contributed by atoms with Crippen LogP contribution in [-0.4, -0.2) is 21.3 Å². The predicted octanol–water partition coefficient (Wildman–Crippen LogP) is 2.63. The van der Waals surface area contributed by atoms with Gasteiger partial charge in [-0.3, -0.25) is 4.79 Å². The number of hydrogen-bond acceptors (Lipinski definition) is 4. The first-order chi connectivity index (χ1) is 7.41. The van der Waals surface area contributed by atoms with Gasteiger partial charge in [0.1, 0.15) is 11.0 Å². The number of hydrogen-bond donors (Lipinski definition) is 1. The molecule has 0 bridgehead atoms. The molecule has 4 nitrogen and oxygen atoms in total. The van der Waals surface area contributed by atoms with E-state index in [1.54, 1.807) is 0 Å². The van der Waals surface area contributed by atoms with Gasteiger partial charge in [-0.2, -0.15) is 0 Å². The van der Waals surface area contributed by atoms with Gasteiger partial charge in [0.05, 0.1) is 11.4 Å². The first kappa shape index (κ1) is 13.1. The normalized spacial score (nSPS) is 13.1. The highest BCUT2D eigenvalue weighted by atomic mass is 32.2. The number of carbonyl (C=O) groups is 1. The largest absolute Gasteiger partial charge is 0.480 e. The molecule has 16 heavy (non-hydrogen) atoms. The number of rotatable bonds is 5. The first-order valence-electron chi connectivity index (χ1n) is 5.19. The molecule has 5 heteroatoms. The summed E-state index contributed by atoms with van der Waals surface area (Å²) in [4.78, 5) is 15.2. The van der Waals surface area contributed by atoms with E-state index in [0.29, 0.717) is 11.6 Å². The summed E-state index contributed by atoms with van der Waals surface area (Å²) in [6.45, 7) is 7.54. The number of nitrogens with zero attached hydrogens (tertiary/aromatic N) is 1. The number of aliphatic carboxylic acids is 1. The number of carboxylic acids is 1. The van der Waals surface area contributed by atoms with Crippen LogP contribution in [0.15, 0.2) is 4.42 Å². The van der Waals surface area contributed by atoms with Crippen molar-refractivity contribution in [2.75, 3.05) is 0 Å². The van der Waals surface area contributed by atoms with Crippen LogP contribution in [0.4, 0.5) is 0 Å². The number of aromatic nitrogens is 1. The second kappa shape index (κ2) is 5.39. The van der Waals surface area contributed by atoms with E-state index >= 15 is 0 Å². The molecule has 0 radical (unpaired) electrons. The lowest BCUT2D eigenvalue weighted by atomic mass is 10.1. The van der Waals surface area contributed by atoms with E-state index in [4.69, 9.17) is 9.52 Å². The van der Waals surface area contributed by atoms with Crippen LogP contribution >= 0.6 is 11.8 Å². The van der Waals surface area contributed by atoms with Crippen molar-refractivity contribution in [2.45, 2.75) is 38.7 Å². The summed E-state index contributed by atoms with van der Waals surface area (Å²) >= 11 is 1.36. The maximum absolute atomic E-state index is 11.0. The Labute approximate surface area is 99.4 Å². The molecule has 1 atom stereocenters. The highest BCUT2D eigenvalue weighted by Crippen LogP contribution is 2.24. The lowest BCUT2D eigenvalue weighted by molar-refractivity contribution is -0.137. The summed E-state index contributed by atoms with van der Waals surface area (Å²) in [7, 11) is 0. The topological polar surface area (TPSA) is 63.3 Å². The SMILES string of the molecule is Cc1nc(CSC(C(=O)O)C(C)C)oc1C. The van der Waals surface area contributed by atoms with Crippen LogP contribution in [0.5, 0.6) is 0 Å². The molecule has 0 amide bonds. The van der Waals surface area contributed by atoms with Crippen molar-refractivity contribution < 1.29 is 14.3 Å². The second-order valence-corrected chi connectivity index (χ2v) is 5.19. The average Bonchev–Trinajstić information content (AvgIpc) is 2.45. The zero-order valence-corrected chi connectivity index (χ0v) is 10.8. The van der Waals surface area contributed by atoms with Crippen molar-refractivity contribution >= 4 is 17.7 Å². The minimum Gasteiger partial charge on any atom is -0.480 e. The van der Waals surface area contributed by atoms with E-state index in [-0.39, 0.29) is 5.92 Å². The summed E-state index contributed by atoms with van der Waals surface area (Å²) in [6, 6.07) is 0. The fourth-order valence-electron chi connectivity index (χ4n) is 1.31. The van der Waals surface area contributed by atoms with Crippen molar-refractivity contribution in [2.24, 2.45) is 5.92 Å². The molecular weight excluding hydrogens is 226 g/mol. The Kier molecular flexibility index (Phi) is 4.41. The summed E-state index contributed by atoms with van der Waals surface area (Å²) in [6.07, 6.45) is 0. The van der Waals surface area contributed by atoms with Gasteiger partial charge in [-0.1, -0.05) is 13.8 Å². The standard InChI is InChI=1S/C11H17NO3S/c1-6(2)10(11(13)14)16-5-9-12-7(3)8(4)15-9/h6,10H,5H2,1-4H3,(H,13,14). The third kappa shape index (κ3) is 3.27. The fourth-order valence-corrected chi connectivity index (χ4v) is 2.28. The molecule has 1 unspecified atom stereocenters. The van der Waals surface area contributed by atoms with E-state index in [1.807, 2.05) is 27.7 Å². The molecule has 1 N–H and O–H groups in total. The lowest BCUT2D eigenvalue weighted by Crippen LogP contribution is -2.22. The molecule has 0 aliphatic carbocycles. The number of thioether (sulfide) groups is 1. The molecule has 1 aromatic rings. The van der Waals surface area contributed by atoms with E-state index < -0.39 is 11.2 Å². The van der Waals surface area contributed by atoms with E-state index in [0.717, 1.165) is 11.5 Å². The quantitative estimate of drug-likeness (QED) is 0.861. The van der Waals surface area contributed by atoms with Crippen molar-refractivity contribution in [1.82, 2.24) is 4.98 Å². The maximum atomic E-state index is 11.0. The maximum Gasteiger partial charge on any atom is 0.316 e. The summed E-state index contributed by atoms with van der Waals surface area (Å²) < 4.78 is 5.40. The van der Waals surface area contributed by atoms with E-state index in [2.05, 4.69) is 4.98 Å². The molecule has 1 heterocycles. The Morgan fingerprint density at radius 1 is 1.50 bits per heavy atom. The zero-order valence-electron chi connectivity index (χ0n) is 9.98. The molecule has 1 rings (SSSR count). The van der Waals surface area contributed by atoms with Gasteiger partial charge in [0, 0.05) is 0 Å². The zero-order chi connectivity index (χ0) is 12.3. The van der Waals surface area contributed by atoms with Gasteiger partial charge in [-0.15, -0.1) is 11.8 Å². The molecule has 1 aromatic heterocycles. The van der Waals surface area contributed by atoms with Gasteiger partial charge < -0.3 is 9.52 Å². The average molecular weight is 243 g/mol.